The molecule has 0 aromatic heterocycles. The zero-order chi connectivity index (χ0) is 30.6. The number of benzene rings is 4. The molecule has 1 fully saturated rings. The third kappa shape index (κ3) is 3.98. The quantitative estimate of drug-likeness (QED) is 0.179. The fraction of sp³-hybridized carbons (Fsp3) is 0.167. The second-order valence-electron chi connectivity index (χ2n) is 11.2. The van der Waals surface area contributed by atoms with Gasteiger partial charge in [0.25, 0.3) is 0 Å². The number of esters is 1. The Hall–Kier alpha value is -5.50. The summed E-state index contributed by atoms with van der Waals surface area (Å²) in [4.78, 5) is 57.4. The number of fused-ring (bicyclic) bond motifs is 6. The number of Topliss-reactive ketones (excluding diaryl/α,β-unsaturated/α-hetero) is 2. The predicted molar refractivity (Wildman–Crippen MR) is 163 cm³/mol. The van der Waals surface area contributed by atoms with Crippen molar-refractivity contribution >= 4 is 35.2 Å². The Morgan fingerprint density at radius 2 is 1.43 bits per heavy atom. The number of nitrogens with one attached hydrogen (secondary N) is 1. The van der Waals surface area contributed by atoms with Gasteiger partial charge in [-0.3, -0.25) is 19.2 Å². The molecule has 8 nitrogen and oxygen atoms in total. The maximum absolute atomic E-state index is 14.9. The molecule has 1 amide bonds. The highest BCUT2D eigenvalue weighted by Crippen LogP contribution is 2.62. The van der Waals surface area contributed by atoms with E-state index < -0.39 is 29.4 Å². The Morgan fingerprint density at radius 3 is 2.14 bits per heavy atom. The zero-order valence-corrected chi connectivity index (χ0v) is 24.0. The normalized spacial score (nSPS) is 22.5. The fourth-order valence-electron chi connectivity index (χ4n) is 7.13. The number of methoxy groups -OCH3 is 1. The lowest BCUT2D eigenvalue weighted by Crippen LogP contribution is -2.49. The van der Waals surface area contributed by atoms with Crippen molar-refractivity contribution in [3.05, 3.63) is 131 Å². The third-order valence-electron chi connectivity index (χ3n) is 8.90. The van der Waals surface area contributed by atoms with Crippen LogP contribution in [0.1, 0.15) is 50.4 Å². The van der Waals surface area contributed by atoms with E-state index in [1.165, 1.54) is 6.92 Å². The summed E-state index contributed by atoms with van der Waals surface area (Å²) in [6.07, 6.45) is 3.75. The van der Waals surface area contributed by atoms with Gasteiger partial charge in [0.2, 0.25) is 5.91 Å². The molecule has 44 heavy (non-hydrogen) atoms. The summed E-state index contributed by atoms with van der Waals surface area (Å²) in [5.41, 5.74) is 2.34. The molecular weight excluding hydrogens is 556 g/mol. The molecule has 3 heterocycles. The van der Waals surface area contributed by atoms with Crippen molar-refractivity contribution in [2.45, 2.75) is 24.4 Å². The van der Waals surface area contributed by atoms with Crippen LogP contribution in [-0.2, 0) is 15.0 Å². The number of amides is 1. The Kier molecular flexibility index (Phi) is 6.43. The number of carbonyl (C=O) groups is 4. The fourth-order valence-corrected chi connectivity index (χ4v) is 7.13. The Labute approximate surface area is 253 Å². The molecule has 1 spiro atoms. The van der Waals surface area contributed by atoms with Crippen LogP contribution in [0.4, 0.5) is 5.69 Å². The molecule has 0 bridgehead atoms. The average molecular weight is 585 g/mol. The molecule has 4 atom stereocenters. The summed E-state index contributed by atoms with van der Waals surface area (Å²) < 4.78 is 10.5. The molecule has 4 aromatic carbocycles. The predicted octanol–water partition coefficient (Wildman–Crippen LogP) is 5.60. The topological polar surface area (TPSA) is 102 Å². The molecule has 7 rings (SSSR count). The van der Waals surface area contributed by atoms with Crippen LogP contribution >= 0.6 is 0 Å². The summed E-state index contributed by atoms with van der Waals surface area (Å²) in [5, 5.41) is 3.05. The number of hydrogen-bond donors (Lipinski definition) is 1. The van der Waals surface area contributed by atoms with Crippen molar-refractivity contribution in [2.75, 3.05) is 12.4 Å². The Morgan fingerprint density at radius 1 is 0.795 bits per heavy atom. The highest BCUT2D eigenvalue weighted by Gasteiger charge is 2.70. The Balaban J connectivity index is 1.47. The van der Waals surface area contributed by atoms with Crippen molar-refractivity contribution in [3.63, 3.8) is 0 Å². The van der Waals surface area contributed by atoms with Crippen molar-refractivity contribution in [1.29, 1.82) is 0 Å². The number of hydrogen-bond acceptors (Lipinski definition) is 7. The van der Waals surface area contributed by atoms with E-state index in [9.17, 15) is 19.2 Å². The van der Waals surface area contributed by atoms with Gasteiger partial charge in [-0.1, -0.05) is 42.5 Å². The SMILES string of the molecule is COc1ccc(C(=O)[C@@H]2[C@H](C(=O)c3ccc(OC(C)=O)cc3)N3C=Cc4ccccc4[C@H]3[C@@]23C(=O)Nc2ccccc23)cc1. The minimum Gasteiger partial charge on any atom is -0.497 e. The lowest BCUT2D eigenvalue weighted by atomic mass is 9.62. The minimum absolute atomic E-state index is 0.302. The van der Waals surface area contributed by atoms with Gasteiger partial charge in [-0.2, -0.15) is 0 Å². The standard InChI is InChI=1S/C36H28N2O6/c1-21(39)44-26-17-13-24(14-18-26)33(41)31-30(32(40)23-11-15-25(43-2)16-12-23)36(28-9-5-6-10-29(28)37-35(36)42)34-27-8-4-3-7-22(27)19-20-38(31)34/h3-20,30-31,34H,1-2H3,(H,37,42)/t30-,31+,34-,36-/m0/s1. The molecule has 218 valence electrons. The highest BCUT2D eigenvalue weighted by atomic mass is 16.5. The molecule has 3 aliphatic rings. The second-order valence-corrected chi connectivity index (χ2v) is 11.2. The smallest absolute Gasteiger partial charge is 0.308 e. The first-order chi connectivity index (χ1) is 21.3. The minimum atomic E-state index is -1.42. The molecule has 0 unspecified atom stereocenters. The molecule has 3 aliphatic heterocycles. The van der Waals surface area contributed by atoms with Crippen LogP contribution in [0, 0.1) is 5.92 Å². The molecular formula is C36H28N2O6. The summed E-state index contributed by atoms with van der Waals surface area (Å²) in [5.74, 6) is -1.66. The average Bonchev–Trinajstić information content (AvgIpc) is 3.52. The first kappa shape index (κ1) is 27.3. The number of para-hydroxylation sites is 1. The summed E-state index contributed by atoms with van der Waals surface area (Å²) in [7, 11) is 1.55. The second kappa shape index (κ2) is 10.3. The maximum atomic E-state index is 14.9. The largest absolute Gasteiger partial charge is 0.497 e. The number of nitrogens with zero attached hydrogens (tertiary/aromatic N) is 1. The lowest BCUT2D eigenvalue weighted by Gasteiger charge is -2.38. The summed E-state index contributed by atoms with van der Waals surface area (Å²) >= 11 is 0. The maximum Gasteiger partial charge on any atom is 0.308 e. The molecule has 0 saturated carbocycles. The van der Waals surface area contributed by atoms with Crippen LogP contribution in [-0.4, -0.2) is 41.5 Å². The van der Waals surface area contributed by atoms with Crippen LogP contribution < -0.4 is 14.8 Å². The van der Waals surface area contributed by atoms with Crippen LogP contribution in [0.5, 0.6) is 11.5 Å². The van der Waals surface area contributed by atoms with Gasteiger partial charge in [0, 0.05) is 29.9 Å². The molecule has 8 heteroatoms. The number of anilines is 1. The van der Waals surface area contributed by atoms with Gasteiger partial charge in [-0.15, -0.1) is 0 Å². The van der Waals surface area contributed by atoms with Crippen molar-refractivity contribution in [2.24, 2.45) is 5.92 Å². The van der Waals surface area contributed by atoms with Crippen LogP contribution in [0.2, 0.25) is 0 Å². The van der Waals surface area contributed by atoms with E-state index >= 15 is 0 Å². The first-order valence-corrected chi connectivity index (χ1v) is 14.3. The van der Waals surface area contributed by atoms with Gasteiger partial charge < -0.3 is 19.7 Å². The number of ether oxygens (including phenoxy) is 2. The van der Waals surface area contributed by atoms with E-state index in [0.29, 0.717) is 33.9 Å². The first-order valence-electron chi connectivity index (χ1n) is 14.3. The number of rotatable bonds is 6. The summed E-state index contributed by atoms with van der Waals surface area (Å²) in [6, 6.07) is 26.5. The van der Waals surface area contributed by atoms with Crippen molar-refractivity contribution < 1.29 is 28.7 Å². The zero-order valence-electron chi connectivity index (χ0n) is 24.0. The summed E-state index contributed by atoms with van der Waals surface area (Å²) in [6.45, 7) is 1.30. The highest BCUT2D eigenvalue weighted by molar-refractivity contribution is 6.16. The van der Waals surface area contributed by atoms with Gasteiger partial charge >= 0.3 is 5.97 Å². The van der Waals surface area contributed by atoms with Crippen molar-refractivity contribution in [1.82, 2.24) is 4.90 Å². The molecule has 0 aliphatic carbocycles. The third-order valence-corrected chi connectivity index (χ3v) is 8.90. The van der Waals surface area contributed by atoms with Crippen LogP contribution in [0.25, 0.3) is 6.08 Å². The van der Waals surface area contributed by atoms with Crippen LogP contribution in [0.15, 0.2) is 103 Å². The van der Waals surface area contributed by atoms with E-state index in [1.807, 2.05) is 65.7 Å². The molecule has 4 aromatic rings. The molecule has 1 saturated heterocycles. The van der Waals surface area contributed by atoms with E-state index in [4.69, 9.17) is 9.47 Å². The molecule has 0 radical (unpaired) electrons. The van der Waals surface area contributed by atoms with Gasteiger partial charge in [0.05, 0.1) is 19.1 Å². The van der Waals surface area contributed by atoms with Gasteiger partial charge in [0.15, 0.2) is 11.6 Å². The van der Waals surface area contributed by atoms with E-state index in [2.05, 4.69) is 5.32 Å². The molecule has 1 N–H and O–H groups in total. The Bertz CT molecular complexity index is 1860. The monoisotopic (exact) mass is 584 g/mol. The number of ketones is 2. The van der Waals surface area contributed by atoms with Crippen LogP contribution in [0.3, 0.4) is 0 Å². The number of carbonyl (C=O) groups excluding carboxylic acids is 4. The van der Waals surface area contributed by atoms with Gasteiger partial charge in [0.1, 0.15) is 23.0 Å². The lowest BCUT2D eigenvalue weighted by molar-refractivity contribution is -0.131. The van der Waals surface area contributed by atoms with Gasteiger partial charge in [-0.05, 0) is 77.4 Å². The van der Waals surface area contributed by atoms with Crippen molar-refractivity contribution in [3.8, 4) is 11.5 Å². The van der Waals surface area contributed by atoms with E-state index in [-0.39, 0.29) is 17.5 Å². The van der Waals surface area contributed by atoms with Gasteiger partial charge in [-0.25, -0.2) is 0 Å². The van der Waals surface area contributed by atoms with E-state index in [1.54, 1.807) is 55.6 Å². The van der Waals surface area contributed by atoms with E-state index in [0.717, 1.165) is 11.1 Å².